The molecule has 0 spiro atoms. The predicted octanol–water partition coefficient (Wildman–Crippen LogP) is 0.936. The number of ether oxygens (including phenoxy) is 1. The average Bonchev–Trinajstić information content (AvgIpc) is 2.50. The fraction of sp³-hybridized carbons (Fsp3) is 0.800. The van der Waals surface area contributed by atoms with Gasteiger partial charge in [-0.2, -0.15) is 0 Å². The third-order valence-electron chi connectivity index (χ3n) is 2.81. The number of amides is 1. The van der Waals surface area contributed by atoms with Crippen molar-refractivity contribution in [1.29, 1.82) is 0 Å². The first-order chi connectivity index (χ1) is 6.81. The van der Waals surface area contributed by atoms with E-state index in [1.54, 1.807) is 20.8 Å². The van der Waals surface area contributed by atoms with Crippen LogP contribution in [0.1, 0.15) is 20.8 Å². The van der Waals surface area contributed by atoms with Crippen LogP contribution in [0.3, 0.4) is 0 Å². The summed E-state index contributed by atoms with van der Waals surface area (Å²) >= 11 is 0. The van der Waals surface area contributed by atoms with Crippen LogP contribution in [0.4, 0.5) is 4.79 Å². The molecule has 5 nitrogen and oxygen atoms in total. The zero-order valence-electron chi connectivity index (χ0n) is 9.06. The van der Waals surface area contributed by atoms with Crippen LogP contribution in [0, 0.1) is 11.8 Å². The van der Waals surface area contributed by atoms with E-state index < -0.39 is 17.7 Å². The molecule has 1 N–H and O–H groups in total. The molecule has 1 heterocycles. The molecule has 1 aliphatic carbocycles. The number of aliphatic carboxylic acids is 1. The first-order valence-corrected chi connectivity index (χ1v) is 5.04. The van der Waals surface area contributed by atoms with Gasteiger partial charge >= 0.3 is 12.1 Å². The van der Waals surface area contributed by atoms with E-state index in [2.05, 4.69) is 0 Å². The first-order valence-electron chi connectivity index (χ1n) is 5.04. The fourth-order valence-corrected chi connectivity index (χ4v) is 2.06. The molecule has 0 unspecified atom stereocenters. The Hall–Kier alpha value is -1.26. The van der Waals surface area contributed by atoms with Gasteiger partial charge in [0.1, 0.15) is 5.60 Å². The number of carboxylic acids is 1. The molecule has 2 aliphatic rings. The van der Waals surface area contributed by atoms with Gasteiger partial charge in [-0.1, -0.05) is 0 Å². The minimum absolute atomic E-state index is 0.114. The van der Waals surface area contributed by atoms with Gasteiger partial charge in [-0.3, -0.25) is 4.79 Å². The summed E-state index contributed by atoms with van der Waals surface area (Å²) in [4.78, 5) is 23.8. The highest BCUT2D eigenvalue weighted by Gasteiger charge is 2.68. The number of rotatable bonds is 1. The van der Waals surface area contributed by atoms with E-state index in [1.165, 1.54) is 4.90 Å². The molecule has 5 heteroatoms. The summed E-state index contributed by atoms with van der Waals surface area (Å²) in [5, 5.41) is 8.79. The summed E-state index contributed by atoms with van der Waals surface area (Å²) in [5.41, 5.74) is -0.518. The van der Waals surface area contributed by atoms with Gasteiger partial charge in [0, 0.05) is 12.5 Å². The van der Waals surface area contributed by atoms with Crippen molar-refractivity contribution in [3.63, 3.8) is 0 Å². The number of carbonyl (C=O) groups is 2. The topological polar surface area (TPSA) is 66.8 Å². The Morgan fingerprint density at radius 2 is 2.00 bits per heavy atom. The van der Waals surface area contributed by atoms with E-state index in [-0.39, 0.29) is 17.9 Å². The molecule has 3 atom stereocenters. The molecule has 1 saturated heterocycles. The Labute approximate surface area is 88.0 Å². The monoisotopic (exact) mass is 213 g/mol. The molecular weight excluding hydrogens is 198 g/mol. The van der Waals surface area contributed by atoms with Crippen LogP contribution in [0.2, 0.25) is 0 Å². The van der Waals surface area contributed by atoms with E-state index in [1.807, 2.05) is 0 Å². The van der Waals surface area contributed by atoms with Crippen molar-refractivity contribution < 1.29 is 19.4 Å². The lowest BCUT2D eigenvalue weighted by Crippen LogP contribution is -2.46. The molecule has 84 valence electrons. The van der Waals surface area contributed by atoms with Gasteiger partial charge in [-0.05, 0) is 20.8 Å². The highest BCUT2D eigenvalue weighted by molar-refractivity contribution is 5.81. The van der Waals surface area contributed by atoms with Gasteiger partial charge in [0.2, 0.25) is 0 Å². The van der Waals surface area contributed by atoms with Gasteiger partial charge in [0.25, 0.3) is 0 Å². The number of carboxylic acid groups (broad SMARTS) is 1. The number of carbonyl (C=O) groups excluding carboxylic acids is 1. The van der Waals surface area contributed by atoms with Crippen LogP contribution in [-0.4, -0.2) is 40.3 Å². The van der Waals surface area contributed by atoms with Crippen molar-refractivity contribution in [2.45, 2.75) is 32.4 Å². The second kappa shape index (κ2) is 2.87. The summed E-state index contributed by atoms with van der Waals surface area (Å²) in [5.74, 6) is -1.01. The largest absolute Gasteiger partial charge is 0.481 e. The maximum Gasteiger partial charge on any atom is 0.410 e. The first kappa shape index (κ1) is 10.3. The lowest BCUT2D eigenvalue weighted by atomic mass is 10.2. The van der Waals surface area contributed by atoms with Crippen molar-refractivity contribution in [1.82, 2.24) is 4.90 Å². The number of likely N-dealkylation sites (tertiary alicyclic amines) is 1. The van der Waals surface area contributed by atoms with Crippen molar-refractivity contribution in [3.05, 3.63) is 0 Å². The third-order valence-corrected chi connectivity index (χ3v) is 2.81. The molecule has 0 aromatic rings. The third kappa shape index (κ3) is 1.66. The van der Waals surface area contributed by atoms with E-state index in [0.29, 0.717) is 6.54 Å². The lowest BCUT2D eigenvalue weighted by Gasteiger charge is -2.32. The summed E-state index contributed by atoms with van der Waals surface area (Å²) in [7, 11) is 0. The number of fused-ring (bicyclic) bond motifs is 1. The average molecular weight is 213 g/mol. The van der Waals surface area contributed by atoms with E-state index >= 15 is 0 Å². The Balaban J connectivity index is 1.89. The SMILES string of the molecule is CC(C)(C)OC(=O)N1C[C@@H]2[C@H](C(=O)O)[C@H]21. The van der Waals surface area contributed by atoms with Crippen molar-refractivity contribution in [3.8, 4) is 0 Å². The number of nitrogens with zero attached hydrogens (tertiary/aromatic N) is 1. The molecule has 0 bridgehead atoms. The van der Waals surface area contributed by atoms with Crippen LogP contribution in [0.5, 0.6) is 0 Å². The van der Waals surface area contributed by atoms with Crippen LogP contribution >= 0.6 is 0 Å². The maximum absolute atomic E-state index is 11.6. The minimum atomic E-state index is -0.809. The second-order valence-corrected chi connectivity index (χ2v) is 5.15. The molecular formula is C10H15NO4. The molecule has 0 aromatic heterocycles. The maximum atomic E-state index is 11.6. The zero-order chi connectivity index (χ0) is 11.4. The summed E-state index contributed by atoms with van der Waals surface area (Å²) in [6.45, 7) is 5.91. The highest BCUT2D eigenvalue weighted by Crippen LogP contribution is 2.52. The molecule has 2 rings (SSSR count). The van der Waals surface area contributed by atoms with Gasteiger partial charge in [-0.15, -0.1) is 0 Å². The van der Waals surface area contributed by atoms with Gasteiger partial charge in [0.05, 0.1) is 12.0 Å². The molecule has 1 amide bonds. The Morgan fingerprint density at radius 1 is 1.40 bits per heavy atom. The normalized spacial score (nSPS) is 32.7. The van der Waals surface area contributed by atoms with E-state index in [4.69, 9.17) is 9.84 Å². The Bertz CT molecular complexity index is 320. The van der Waals surface area contributed by atoms with Gasteiger partial charge in [-0.25, -0.2) is 4.79 Å². The summed E-state index contributed by atoms with van der Waals surface area (Å²) in [6.07, 6.45) is -0.396. The van der Waals surface area contributed by atoms with Gasteiger partial charge < -0.3 is 14.7 Å². The predicted molar refractivity (Wildman–Crippen MR) is 51.3 cm³/mol. The molecule has 0 aromatic carbocycles. The van der Waals surface area contributed by atoms with Crippen LogP contribution in [0.15, 0.2) is 0 Å². The molecule has 15 heavy (non-hydrogen) atoms. The molecule has 1 saturated carbocycles. The lowest BCUT2D eigenvalue weighted by molar-refractivity contribution is -0.138. The summed E-state index contributed by atoms with van der Waals surface area (Å²) < 4.78 is 5.16. The standard InChI is InChI=1S/C10H15NO4/c1-10(2,3)15-9(14)11-4-5-6(7(5)11)8(12)13/h5-7H,4H2,1-3H3,(H,12,13)/t5-,6+,7+/m1/s1. The summed E-state index contributed by atoms with van der Waals surface area (Å²) in [6, 6.07) is -0.114. The molecule has 2 fully saturated rings. The number of hydrogen-bond donors (Lipinski definition) is 1. The van der Waals surface area contributed by atoms with E-state index in [0.717, 1.165) is 0 Å². The van der Waals surface area contributed by atoms with Crippen LogP contribution in [-0.2, 0) is 9.53 Å². The van der Waals surface area contributed by atoms with E-state index in [9.17, 15) is 9.59 Å². The molecule has 1 aliphatic heterocycles. The zero-order valence-corrected chi connectivity index (χ0v) is 9.06. The van der Waals surface area contributed by atoms with Crippen LogP contribution in [0.25, 0.3) is 0 Å². The highest BCUT2D eigenvalue weighted by atomic mass is 16.6. The smallest absolute Gasteiger partial charge is 0.410 e. The Kier molecular flexibility index (Phi) is 1.96. The second-order valence-electron chi connectivity index (χ2n) is 5.15. The molecule has 0 radical (unpaired) electrons. The number of hydrogen-bond acceptors (Lipinski definition) is 3. The Morgan fingerprint density at radius 3 is 2.40 bits per heavy atom. The fourth-order valence-electron chi connectivity index (χ4n) is 2.06. The van der Waals surface area contributed by atoms with Crippen molar-refractivity contribution in [2.75, 3.05) is 6.54 Å². The quantitative estimate of drug-likeness (QED) is 0.703. The van der Waals surface area contributed by atoms with Crippen LogP contribution < -0.4 is 0 Å². The van der Waals surface area contributed by atoms with Gasteiger partial charge in [0.15, 0.2) is 0 Å². The van der Waals surface area contributed by atoms with Crippen molar-refractivity contribution in [2.24, 2.45) is 11.8 Å². The van der Waals surface area contributed by atoms with Crippen molar-refractivity contribution >= 4 is 12.1 Å². The minimum Gasteiger partial charge on any atom is -0.481 e.